The topological polar surface area (TPSA) is 29.1 Å². The van der Waals surface area contributed by atoms with Gasteiger partial charge in [-0.3, -0.25) is 4.79 Å². The van der Waals surface area contributed by atoms with Crippen molar-refractivity contribution in [3.05, 3.63) is 21.4 Å². The minimum Gasteiger partial charge on any atom is -0.351 e. The van der Waals surface area contributed by atoms with E-state index in [2.05, 4.69) is 11.4 Å². The number of rotatable bonds is 7. The van der Waals surface area contributed by atoms with Crippen LogP contribution in [0.25, 0.3) is 0 Å². The zero-order chi connectivity index (χ0) is 14.2. The molecule has 1 amide bonds. The zero-order valence-corrected chi connectivity index (χ0v) is 13.6. The highest BCUT2D eigenvalue weighted by molar-refractivity contribution is 7.14. The third kappa shape index (κ3) is 4.78. The average Bonchev–Trinajstić information content (AvgIpc) is 2.74. The minimum absolute atomic E-state index is 0.111. The molecule has 0 saturated heterocycles. The normalized spacial score (nSPS) is 14.7. The molecule has 2 nitrogen and oxygen atoms in total. The molecule has 1 aliphatic rings. The van der Waals surface area contributed by atoms with Crippen molar-refractivity contribution in [1.29, 1.82) is 0 Å². The van der Waals surface area contributed by atoms with Crippen LogP contribution in [0.2, 0.25) is 0 Å². The summed E-state index contributed by atoms with van der Waals surface area (Å²) >= 11 is 7.34. The predicted octanol–water partition coefficient (Wildman–Crippen LogP) is 4.55. The van der Waals surface area contributed by atoms with Gasteiger partial charge in [-0.1, -0.05) is 19.3 Å². The van der Waals surface area contributed by atoms with Crippen molar-refractivity contribution in [3.8, 4) is 0 Å². The van der Waals surface area contributed by atoms with E-state index in [-0.39, 0.29) is 5.91 Å². The second-order valence-electron chi connectivity index (χ2n) is 5.48. The van der Waals surface area contributed by atoms with Crippen molar-refractivity contribution in [1.82, 2.24) is 5.32 Å². The fourth-order valence-corrected chi connectivity index (χ4v) is 4.00. The van der Waals surface area contributed by atoms with Gasteiger partial charge in [-0.25, -0.2) is 0 Å². The maximum Gasteiger partial charge on any atom is 0.261 e. The number of hydrogen-bond donors (Lipinski definition) is 1. The second-order valence-corrected chi connectivity index (χ2v) is 6.99. The largest absolute Gasteiger partial charge is 0.351 e. The van der Waals surface area contributed by atoms with Crippen LogP contribution in [0.3, 0.4) is 0 Å². The number of alkyl halides is 1. The van der Waals surface area contributed by atoms with E-state index in [1.807, 2.05) is 0 Å². The van der Waals surface area contributed by atoms with Crippen LogP contribution in [0.15, 0.2) is 6.07 Å². The molecule has 0 spiro atoms. The summed E-state index contributed by atoms with van der Waals surface area (Å²) in [7, 11) is 0. The predicted molar refractivity (Wildman–Crippen MR) is 87.1 cm³/mol. The fraction of sp³-hybridized carbons (Fsp3) is 0.688. The second kappa shape index (κ2) is 8.68. The zero-order valence-electron chi connectivity index (χ0n) is 12.0. The maximum atomic E-state index is 12.1. The first kappa shape index (κ1) is 15.8. The Kier molecular flexibility index (Phi) is 6.88. The number of thiophene rings is 1. The van der Waals surface area contributed by atoms with Crippen LogP contribution in [0.4, 0.5) is 0 Å². The summed E-state index contributed by atoms with van der Waals surface area (Å²) in [6.45, 7) is 0.781. The monoisotopic (exact) mass is 313 g/mol. The Bertz CT molecular complexity index is 407. The molecule has 20 heavy (non-hydrogen) atoms. The lowest BCUT2D eigenvalue weighted by atomic mass is 10.1. The molecule has 4 heteroatoms. The third-order valence-corrected chi connectivity index (χ3v) is 5.32. The molecule has 1 heterocycles. The highest BCUT2D eigenvalue weighted by atomic mass is 35.5. The number of aryl methyl sites for hydroxylation is 2. The van der Waals surface area contributed by atoms with Crippen LogP contribution < -0.4 is 5.32 Å². The van der Waals surface area contributed by atoms with E-state index in [0.717, 1.165) is 55.8 Å². The highest BCUT2D eigenvalue weighted by Gasteiger charge is 2.15. The average molecular weight is 314 g/mol. The molecule has 0 fully saturated rings. The van der Waals surface area contributed by atoms with Crippen molar-refractivity contribution >= 4 is 28.8 Å². The number of nitrogens with one attached hydrogen (secondary N) is 1. The molecule has 1 aromatic heterocycles. The van der Waals surface area contributed by atoms with Gasteiger partial charge in [0.1, 0.15) is 0 Å². The highest BCUT2D eigenvalue weighted by Crippen LogP contribution is 2.28. The number of halogens is 1. The number of amides is 1. The Labute approximate surface area is 130 Å². The summed E-state index contributed by atoms with van der Waals surface area (Å²) in [6, 6.07) is 2.12. The van der Waals surface area contributed by atoms with E-state index >= 15 is 0 Å². The number of carbonyl (C=O) groups excluding carboxylic acids is 1. The molecule has 0 aromatic carbocycles. The van der Waals surface area contributed by atoms with Gasteiger partial charge in [0.2, 0.25) is 0 Å². The van der Waals surface area contributed by atoms with Crippen LogP contribution in [-0.4, -0.2) is 18.3 Å². The lowest BCUT2D eigenvalue weighted by molar-refractivity contribution is 0.0957. The molecular weight excluding hydrogens is 290 g/mol. The Hall–Kier alpha value is -0.540. The molecule has 1 aromatic rings. The summed E-state index contributed by atoms with van der Waals surface area (Å²) in [4.78, 5) is 14.5. The lowest BCUT2D eigenvalue weighted by Crippen LogP contribution is -2.23. The standard InChI is InChI=1S/C16H24ClNOS/c17-10-6-1-2-7-11-18-16(19)15-12-13-8-4-3-5-9-14(13)20-15/h12H,1-11H2,(H,18,19). The van der Waals surface area contributed by atoms with Gasteiger partial charge in [-0.2, -0.15) is 0 Å². The Morgan fingerprint density at radius 3 is 2.80 bits per heavy atom. The molecule has 2 rings (SSSR count). The Balaban J connectivity index is 1.75. The molecule has 0 bridgehead atoms. The Morgan fingerprint density at radius 1 is 1.15 bits per heavy atom. The van der Waals surface area contributed by atoms with E-state index in [0.29, 0.717) is 0 Å². The van der Waals surface area contributed by atoms with Crippen LogP contribution in [0.5, 0.6) is 0 Å². The fourth-order valence-electron chi connectivity index (χ4n) is 2.64. The number of fused-ring (bicyclic) bond motifs is 1. The molecule has 1 N–H and O–H groups in total. The SMILES string of the molecule is O=C(NCCCCCCCl)c1cc2c(s1)CCCCC2. The number of unbranched alkanes of at least 4 members (excludes halogenated alkanes) is 3. The van der Waals surface area contributed by atoms with Gasteiger partial charge < -0.3 is 5.32 Å². The van der Waals surface area contributed by atoms with Crippen LogP contribution in [0.1, 0.15) is 65.1 Å². The van der Waals surface area contributed by atoms with Gasteiger partial charge in [0, 0.05) is 17.3 Å². The van der Waals surface area contributed by atoms with Crippen molar-refractivity contribution in [3.63, 3.8) is 0 Å². The van der Waals surface area contributed by atoms with Gasteiger partial charge in [0.05, 0.1) is 4.88 Å². The quantitative estimate of drug-likeness (QED) is 0.447. The number of hydrogen-bond acceptors (Lipinski definition) is 2. The smallest absolute Gasteiger partial charge is 0.261 e. The molecule has 0 aliphatic heterocycles. The summed E-state index contributed by atoms with van der Waals surface area (Å²) in [5.74, 6) is 0.855. The molecule has 0 saturated carbocycles. The van der Waals surface area contributed by atoms with Crippen molar-refractivity contribution in [2.45, 2.75) is 57.8 Å². The first-order chi connectivity index (χ1) is 9.81. The van der Waals surface area contributed by atoms with E-state index in [1.165, 1.54) is 29.7 Å². The molecule has 112 valence electrons. The van der Waals surface area contributed by atoms with Gasteiger partial charge in [-0.15, -0.1) is 22.9 Å². The summed E-state index contributed by atoms with van der Waals surface area (Å²) in [5.41, 5.74) is 1.42. The Morgan fingerprint density at radius 2 is 1.95 bits per heavy atom. The molecule has 0 radical (unpaired) electrons. The molecule has 0 atom stereocenters. The van der Waals surface area contributed by atoms with Gasteiger partial charge in [0.25, 0.3) is 5.91 Å². The number of carbonyl (C=O) groups is 1. The third-order valence-electron chi connectivity index (χ3n) is 3.82. The molecular formula is C16H24ClNOS. The molecule has 0 unspecified atom stereocenters. The summed E-state index contributed by atoms with van der Waals surface area (Å²) in [6.07, 6.45) is 10.6. The van der Waals surface area contributed by atoms with Crippen molar-refractivity contribution in [2.24, 2.45) is 0 Å². The van der Waals surface area contributed by atoms with Crippen molar-refractivity contribution < 1.29 is 4.79 Å². The maximum absolute atomic E-state index is 12.1. The van der Waals surface area contributed by atoms with Crippen LogP contribution >= 0.6 is 22.9 Å². The first-order valence-electron chi connectivity index (χ1n) is 7.77. The van der Waals surface area contributed by atoms with Gasteiger partial charge in [-0.05, 0) is 50.2 Å². The first-order valence-corrected chi connectivity index (χ1v) is 9.12. The van der Waals surface area contributed by atoms with E-state index in [4.69, 9.17) is 11.6 Å². The lowest BCUT2D eigenvalue weighted by Gasteiger charge is -2.03. The van der Waals surface area contributed by atoms with E-state index in [1.54, 1.807) is 11.3 Å². The van der Waals surface area contributed by atoms with Gasteiger partial charge >= 0.3 is 0 Å². The van der Waals surface area contributed by atoms with Crippen LogP contribution in [-0.2, 0) is 12.8 Å². The van der Waals surface area contributed by atoms with Gasteiger partial charge in [0.15, 0.2) is 0 Å². The minimum atomic E-state index is 0.111. The summed E-state index contributed by atoms with van der Waals surface area (Å²) in [5, 5.41) is 3.04. The summed E-state index contributed by atoms with van der Waals surface area (Å²) < 4.78 is 0. The van der Waals surface area contributed by atoms with Crippen molar-refractivity contribution in [2.75, 3.05) is 12.4 Å². The van der Waals surface area contributed by atoms with Crippen LogP contribution in [0, 0.1) is 0 Å². The van der Waals surface area contributed by atoms with E-state index in [9.17, 15) is 4.79 Å². The van der Waals surface area contributed by atoms with E-state index < -0.39 is 0 Å². The molecule has 1 aliphatic carbocycles.